The second kappa shape index (κ2) is 6.71. The maximum absolute atomic E-state index is 4.48. The molecule has 0 amide bonds. The van der Waals surface area contributed by atoms with Crippen LogP contribution in [0.25, 0.3) is 0 Å². The van der Waals surface area contributed by atoms with Crippen molar-refractivity contribution < 1.29 is 0 Å². The number of hydrogen-bond donors (Lipinski definition) is 1. The molecule has 1 aromatic carbocycles. The van der Waals surface area contributed by atoms with Crippen molar-refractivity contribution >= 4 is 0 Å². The zero-order chi connectivity index (χ0) is 14.5. The SMILES string of the molecule is Cc1cc(C)n(CCCNCc2c(C)cccc2C)n1. The number of hydrogen-bond acceptors (Lipinski definition) is 2. The highest BCUT2D eigenvalue weighted by molar-refractivity contribution is 5.33. The Labute approximate surface area is 122 Å². The van der Waals surface area contributed by atoms with E-state index in [9.17, 15) is 0 Å². The van der Waals surface area contributed by atoms with E-state index in [0.717, 1.165) is 31.7 Å². The van der Waals surface area contributed by atoms with Gasteiger partial charge in [0.1, 0.15) is 0 Å². The predicted octanol–water partition coefficient (Wildman–Crippen LogP) is 3.30. The van der Waals surface area contributed by atoms with Gasteiger partial charge in [-0.3, -0.25) is 4.68 Å². The number of aromatic nitrogens is 2. The summed E-state index contributed by atoms with van der Waals surface area (Å²) in [5.41, 5.74) is 6.52. The molecule has 0 spiro atoms. The van der Waals surface area contributed by atoms with Crippen LogP contribution in [0, 0.1) is 27.7 Å². The first-order valence-corrected chi connectivity index (χ1v) is 7.35. The van der Waals surface area contributed by atoms with Gasteiger partial charge in [-0.2, -0.15) is 5.10 Å². The zero-order valence-electron chi connectivity index (χ0n) is 13.0. The van der Waals surface area contributed by atoms with Gasteiger partial charge in [0, 0.05) is 18.8 Å². The van der Waals surface area contributed by atoms with Gasteiger partial charge in [0.2, 0.25) is 0 Å². The summed E-state index contributed by atoms with van der Waals surface area (Å²) in [6.45, 7) is 11.5. The molecule has 0 saturated heterocycles. The summed E-state index contributed by atoms with van der Waals surface area (Å²) in [6, 6.07) is 8.61. The van der Waals surface area contributed by atoms with E-state index in [-0.39, 0.29) is 0 Å². The predicted molar refractivity (Wildman–Crippen MR) is 83.9 cm³/mol. The first kappa shape index (κ1) is 14.8. The van der Waals surface area contributed by atoms with Gasteiger partial charge >= 0.3 is 0 Å². The monoisotopic (exact) mass is 271 g/mol. The second-order valence-electron chi connectivity index (χ2n) is 5.55. The van der Waals surface area contributed by atoms with Crippen LogP contribution in [0.3, 0.4) is 0 Å². The fraction of sp³-hybridized carbons (Fsp3) is 0.471. The number of nitrogens with one attached hydrogen (secondary N) is 1. The van der Waals surface area contributed by atoms with Crippen LogP contribution in [-0.2, 0) is 13.1 Å². The van der Waals surface area contributed by atoms with Gasteiger partial charge in [0.25, 0.3) is 0 Å². The summed E-state index contributed by atoms with van der Waals surface area (Å²) < 4.78 is 2.09. The molecule has 1 aromatic heterocycles. The number of nitrogens with zero attached hydrogens (tertiary/aromatic N) is 2. The average Bonchev–Trinajstić information content (AvgIpc) is 2.71. The van der Waals surface area contributed by atoms with Crippen molar-refractivity contribution in [3.05, 3.63) is 52.3 Å². The summed E-state index contributed by atoms with van der Waals surface area (Å²) in [5.74, 6) is 0. The first-order chi connectivity index (χ1) is 9.58. The molecule has 0 radical (unpaired) electrons. The highest BCUT2D eigenvalue weighted by Crippen LogP contribution is 2.12. The van der Waals surface area contributed by atoms with E-state index in [2.05, 4.69) is 60.1 Å². The first-order valence-electron chi connectivity index (χ1n) is 7.35. The van der Waals surface area contributed by atoms with Gasteiger partial charge < -0.3 is 5.32 Å². The smallest absolute Gasteiger partial charge is 0.0596 e. The van der Waals surface area contributed by atoms with E-state index in [1.54, 1.807) is 0 Å². The molecule has 2 rings (SSSR count). The molecule has 0 unspecified atom stereocenters. The quantitative estimate of drug-likeness (QED) is 0.817. The highest BCUT2D eigenvalue weighted by atomic mass is 15.3. The van der Waals surface area contributed by atoms with Crippen molar-refractivity contribution in [2.45, 2.75) is 47.2 Å². The Kier molecular flexibility index (Phi) is 4.96. The third-order valence-corrected chi connectivity index (χ3v) is 3.77. The second-order valence-corrected chi connectivity index (χ2v) is 5.55. The van der Waals surface area contributed by atoms with Crippen LogP contribution in [0.2, 0.25) is 0 Å². The molecule has 108 valence electrons. The summed E-state index contributed by atoms with van der Waals surface area (Å²) in [6.07, 6.45) is 1.10. The Morgan fingerprint density at radius 3 is 2.40 bits per heavy atom. The normalized spacial score (nSPS) is 11.0. The van der Waals surface area contributed by atoms with Crippen molar-refractivity contribution in [1.29, 1.82) is 0 Å². The average molecular weight is 271 g/mol. The minimum atomic E-state index is 0.954. The highest BCUT2D eigenvalue weighted by Gasteiger charge is 2.02. The topological polar surface area (TPSA) is 29.9 Å². The van der Waals surface area contributed by atoms with Crippen LogP contribution >= 0.6 is 0 Å². The molecule has 0 aliphatic heterocycles. The van der Waals surface area contributed by atoms with Crippen LogP contribution in [0.4, 0.5) is 0 Å². The van der Waals surface area contributed by atoms with E-state index in [0.29, 0.717) is 0 Å². The molecular weight excluding hydrogens is 246 g/mol. The van der Waals surface area contributed by atoms with E-state index < -0.39 is 0 Å². The Morgan fingerprint density at radius 1 is 1.10 bits per heavy atom. The van der Waals surface area contributed by atoms with Crippen LogP contribution in [0.5, 0.6) is 0 Å². The van der Waals surface area contributed by atoms with Crippen LogP contribution in [0.15, 0.2) is 24.3 Å². The molecule has 2 aromatic rings. The van der Waals surface area contributed by atoms with Crippen molar-refractivity contribution in [2.24, 2.45) is 0 Å². The molecule has 0 aliphatic rings. The van der Waals surface area contributed by atoms with Gasteiger partial charge in [-0.05, 0) is 63.4 Å². The fourth-order valence-corrected chi connectivity index (χ4v) is 2.60. The molecule has 1 heterocycles. The molecular formula is C17H25N3. The molecule has 20 heavy (non-hydrogen) atoms. The van der Waals surface area contributed by atoms with E-state index >= 15 is 0 Å². The maximum Gasteiger partial charge on any atom is 0.0596 e. The lowest BCUT2D eigenvalue weighted by Gasteiger charge is -2.11. The van der Waals surface area contributed by atoms with Gasteiger partial charge in [-0.25, -0.2) is 0 Å². The molecule has 0 aliphatic carbocycles. The number of rotatable bonds is 6. The van der Waals surface area contributed by atoms with E-state index in [4.69, 9.17) is 0 Å². The van der Waals surface area contributed by atoms with Crippen LogP contribution < -0.4 is 5.32 Å². The van der Waals surface area contributed by atoms with Gasteiger partial charge in [0.05, 0.1) is 5.69 Å². The molecule has 0 saturated carbocycles. The molecule has 1 N–H and O–H groups in total. The standard InChI is InChI=1S/C17H25N3/c1-13-7-5-8-14(2)17(13)12-18-9-6-10-20-16(4)11-15(3)19-20/h5,7-8,11,18H,6,9-10,12H2,1-4H3. The zero-order valence-corrected chi connectivity index (χ0v) is 13.0. The molecule has 3 nitrogen and oxygen atoms in total. The summed E-state index contributed by atoms with van der Waals surface area (Å²) in [7, 11) is 0. The van der Waals surface area contributed by atoms with Gasteiger partial charge in [-0.1, -0.05) is 18.2 Å². The number of aryl methyl sites for hydroxylation is 5. The van der Waals surface area contributed by atoms with E-state index in [1.807, 2.05) is 6.92 Å². The third kappa shape index (κ3) is 3.70. The van der Waals surface area contributed by atoms with E-state index in [1.165, 1.54) is 22.4 Å². The Hall–Kier alpha value is -1.61. The Bertz CT molecular complexity index is 549. The summed E-state index contributed by atoms with van der Waals surface area (Å²) in [4.78, 5) is 0. The third-order valence-electron chi connectivity index (χ3n) is 3.77. The van der Waals surface area contributed by atoms with Crippen molar-refractivity contribution in [2.75, 3.05) is 6.54 Å². The lowest BCUT2D eigenvalue weighted by Crippen LogP contribution is -2.18. The number of benzene rings is 1. The van der Waals surface area contributed by atoms with Gasteiger partial charge in [-0.15, -0.1) is 0 Å². The van der Waals surface area contributed by atoms with Crippen molar-refractivity contribution in [3.63, 3.8) is 0 Å². The lowest BCUT2D eigenvalue weighted by atomic mass is 10.0. The maximum atomic E-state index is 4.48. The Balaban J connectivity index is 1.76. The molecule has 0 bridgehead atoms. The lowest BCUT2D eigenvalue weighted by molar-refractivity contribution is 0.531. The van der Waals surface area contributed by atoms with Crippen molar-refractivity contribution in [1.82, 2.24) is 15.1 Å². The molecule has 0 atom stereocenters. The molecule has 3 heteroatoms. The summed E-state index contributed by atoms with van der Waals surface area (Å²) in [5, 5.41) is 8.02. The van der Waals surface area contributed by atoms with Crippen molar-refractivity contribution in [3.8, 4) is 0 Å². The van der Waals surface area contributed by atoms with Gasteiger partial charge in [0.15, 0.2) is 0 Å². The van der Waals surface area contributed by atoms with Crippen LogP contribution in [-0.4, -0.2) is 16.3 Å². The fourth-order valence-electron chi connectivity index (χ4n) is 2.60. The largest absolute Gasteiger partial charge is 0.313 e. The minimum Gasteiger partial charge on any atom is -0.313 e. The van der Waals surface area contributed by atoms with Crippen LogP contribution in [0.1, 0.15) is 34.5 Å². The Morgan fingerprint density at radius 2 is 1.80 bits per heavy atom. The minimum absolute atomic E-state index is 0.954. The summed E-state index contributed by atoms with van der Waals surface area (Å²) >= 11 is 0. The molecule has 0 fully saturated rings.